The highest BCUT2D eigenvalue weighted by Gasteiger charge is 1.98. The van der Waals surface area contributed by atoms with Gasteiger partial charge in [0.15, 0.2) is 0 Å². The Morgan fingerprint density at radius 1 is 1.44 bits per heavy atom. The molecule has 1 aromatic carbocycles. The molecule has 0 N–H and O–H groups in total. The maximum atomic E-state index is 8.86. The third kappa shape index (κ3) is 4.41. The van der Waals surface area contributed by atoms with E-state index >= 15 is 0 Å². The van der Waals surface area contributed by atoms with Crippen LogP contribution in [0.1, 0.15) is 18.1 Å². The molecule has 2 nitrogen and oxygen atoms in total. The lowest BCUT2D eigenvalue weighted by atomic mass is 10.2. The van der Waals surface area contributed by atoms with Gasteiger partial charge in [0, 0.05) is 5.75 Å². The fraction of sp³-hybridized carbons (Fsp3) is 0.308. The van der Waals surface area contributed by atoms with Gasteiger partial charge in [-0.1, -0.05) is 29.8 Å². The maximum Gasteiger partial charge on any atom is 0.120 e. The van der Waals surface area contributed by atoms with Crippen molar-refractivity contribution < 1.29 is 4.74 Å². The molecule has 0 aliphatic carbocycles. The van der Waals surface area contributed by atoms with Crippen LogP contribution in [0, 0.1) is 18.3 Å². The zero-order valence-electron chi connectivity index (χ0n) is 9.56. The van der Waals surface area contributed by atoms with E-state index in [4.69, 9.17) is 10.00 Å². The Bertz CT molecular complexity index is 389. The van der Waals surface area contributed by atoms with Gasteiger partial charge in [-0.05, 0) is 19.4 Å². The molecule has 0 spiro atoms. The second-order valence-corrected chi connectivity index (χ2v) is 4.34. The van der Waals surface area contributed by atoms with Crippen LogP contribution < -0.4 is 0 Å². The third-order valence-electron chi connectivity index (χ3n) is 1.98. The number of rotatable bonds is 5. The Morgan fingerprint density at radius 2 is 2.12 bits per heavy atom. The minimum atomic E-state index is 0.594. The smallest absolute Gasteiger partial charge is 0.120 e. The van der Waals surface area contributed by atoms with Gasteiger partial charge >= 0.3 is 0 Å². The van der Waals surface area contributed by atoms with Crippen LogP contribution in [0.3, 0.4) is 0 Å². The molecule has 84 valence electrons. The van der Waals surface area contributed by atoms with E-state index in [9.17, 15) is 0 Å². The second-order valence-electron chi connectivity index (χ2n) is 3.32. The van der Waals surface area contributed by atoms with Gasteiger partial charge in [0.05, 0.1) is 6.61 Å². The number of aryl methyl sites for hydroxylation is 1. The second kappa shape index (κ2) is 6.97. The summed E-state index contributed by atoms with van der Waals surface area (Å²) >= 11 is 1.50. The topological polar surface area (TPSA) is 33.0 Å². The number of nitrogens with zero attached hydrogens (tertiary/aromatic N) is 1. The Balaban J connectivity index is 2.50. The molecular weight excluding hydrogens is 218 g/mol. The molecule has 0 aliphatic rings. The van der Waals surface area contributed by atoms with Gasteiger partial charge in [-0.15, -0.1) is 11.8 Å². The molecule has 0 aliphatic heterocycles. The molecule has 0 amide bonds. The van der Waals surface area contributed by atoms with Crippen molar-refractivity contribution in [1.29, 1.82) is 5.26 Å². The maximum absolute atomic E-state index is 8.86. The molecule has 0 bridgehead atoms. The quantitative estimate of drug-likeness (QED) is 0.575. The number of nitriles is 1. The van der Waals surface area contributed by atoms with Crippen LogP contribution in [0.2, 0.25) is 0 Å². The molecule has 1 rings (SSSR count). The molecule has 0 heterocycles. The van der Waals surface area contributed by atoms with E-state index in [0.29, 0.717) is 11.5 Å². The van der Waals surface area contributed by atoms with Gasteiger partial charge < -0.3 is 4.74 Å². The number of benzene rings is 1. The van der Waals surface area contributed by atoms with E-state index < -0.39 is 0 Å². The van der Waals surface area contributed by atoms with E-state index in [0.717, 1.165) is 5.75 Å². The summed E-state index contributed by atoms with van der Waals surface area (Å²) in [5, 5.41) is 8.86. The van der Waals surface area contributed by atoms with Crippen LogP contribution in [0.5, 0.6) is 0 Å². The summed E-state index contributed by atoms with van der Waals surface area (Å²) in [6.07, 6.45) is 1.53. The number of ether oxygens (including phenoxy) is 1. The van der Waals surface area contributed by atoms with Gasteiger partial charge in [-0.2, -0.15) is 5.26 Å². The van der Waals surface area contributed by atoms with Gasteiger partial charge in [-0.3, -0.25) is 0 Å². The lowest BCUT2D eigenvalue weighted by molar-refractivity contribution is 0.269. The molecule has 0 fully saturated rings. The monoisotopic (exact) mass is 233 g/mol. The van der Waals surface area contributed by atoms with E-state index in [1.165, 1.54) is 29.2 Å². The zero-order chi connectivity index (χ0) is 11.8. The van der Waals surface area contributed by atoms with Crippen molar-refractivity contribution in [3.8, 4) is 6.07 Å². The van der Waals surface area contributed by atoms with Crippen LogP contribution in [0.4, 0.5) is 0 Å². The minimum absolute atomic E-state index is 0.594. The van der Waals surface area contributed by atoms with Crippen molar-refractivity contribution >= 4 is 11.8 Å². The predicted octanol–water partition coefficient (Wildman–Crippen LogP) is 3.63. The Morgan fingerprint density at radius 3 is 2.69 bits per heavy atom. The van der Waals surface area contributed by atoms with Crippen LogP contribution in [0.15, 0.2) is 35.4 Å². The highest BCUT2D eigenvalue weighted by Crippen LogP contribution is 2.20. The van der Waals surface area contributed by atoms with E-state index in [1.807, 2.05) is 6.92 Å². The molecule has 0 saturated carbocycles. The van der Waals surface area contributed by atoms with Crippen LogP contribution in [0.25, 0.3) is 0 Å². The summed E-state index contributed by atoms with van der Waals surface area (Å²) < 4.78 is 5.09. The molecule has 1 aromatic rings. The van der Waals surface area contributed by atoms with Crippen LogP contribution in [-0.2, 0) is 10.5 Å². The molecule has 0 unspecified atom stereocenters. The van der Waals surface area contributed by atoms with Gasteiger partial charge in [0.1, 0.15) is 17.2 Å². The highest BCUT2D eigenvalue weighted by molar-refractivity contribution is 8.02. The van der Waals surface area contributed by atoms with Gasteiger partial charge in [0.25, 0.3) is 0 Å². The average molecular weight is 233 g/mol. The molecule has 0 radical (unpaired) electrons. The fourth-order valence-corrected chi connectivity index (χ4v) is 1.81. The van der Waals surface area contributed by atoms with Crippen molar-refractivity contribution in [1.82, 2.24) is 0 Å². The first-order valence-corrected chi connectivity index (χ1v) is 6.15. The van der Waals surface area contributed by atoms with E-state index in [1.54, 1.807) is 0 Å². The normalized spacial score (nSPS) is 10.9. The number of allylic oxidation sites excluding steroid dienone is 1. The first-order valence-electron chi connectivity index (χ1n) is 5.16. The average Bonchev–Trinajstić information content (AvgIpc) is 2.32. The van der Waals surface area contributed by atoms with Crippen LogP contribution >= 0.6 is 11.8 Å². The third-order valence-corrected chi connectivity index (χ3v) is 2.96. The summed E-state index contributed by atoms with van der Waals surface area (Å²) in [6.45, 7) is 4.55. The molecule has 0 saturated heterocycles. The summed E-state index contributed by atoms with van der Waals surface area (Å²) in [5.74, 6) is 0.798. The SMILES string of the molecule is CCO/C=C(\C#N)SCc1ccc(C)cc1. The fourth-order valence-electron chi connectivity index (χ4n) is 1.10. The number of thioether (sulfide) groups is 1. The van der Waals surface area contributed by atoms with Crippen molar-refractivity contribution in [2.45, 2.75) is 19.6 Å². The summed E-state index contributed by atoms with van der Waals surface area (Å²) in [6, 6.07) is 10.4. The molecular formula is C13H15NOS. The van der Waals surface area contributed by atoms with Crippen molar-refractivity contribution in [3.63, 3.8) is 0 Å². The molecule has 0 aromatic heterocycles. The summed E-state index contributed by atoms with van der Waals surface area (Å²) in [5.41, 5.74) is 2.47. The Kier molecular flexibility index (Phi) is 5.52. The largest absolute Gasteiger partial charge is 0.500 e. The zero-order valence-corrected chi connectivity index (χ0v) is 10.4. The molecule has 3 heteroatoms. The number of hydrogen-bond donors (Lipinski definition) is 0. The first kappa shape index (κ1) is 12.7. The van der Waals surface area contributed by atoms with Crippen molar-refractivity contribution in [2.75, 3.05) is 6.61 Å². The van der Waals surface area contributed by atoms with Crippen LogP contribution in [-0.4, -0.2) is 6.61 Å². The summed E-state index contributed by atoms with van der Waals surface area (Å²) in [4.78, 5) is 0.613. The summed E-state index contributed by atoms with van der Waals surface area (Å²) in [7, 11) is 0. The van der Waals surface area contributed by atoms with Crippen molar-refractivity contribution in [2.24, 2.45) is 0 Å². The van der Waals surface area contributed by atoms with E-state index in [-0.39, 0.29) is 0 Å². The molecule has 16 heavy (non-hydrogen) atoms. The van der Waals surface area contributed by atoms with Crippen molar-refractivity contribution in [3.05, 3.63) is 46.6 Å². The van der Waals surface area contributed by atoms with Gasteiger partial charge in [0.2, 0.25) is 0 Å². The predicted molar refractivity (Wildman–Crippen MR) is 67.8 cm³/mol. The lowest BCUT2D eigenvalue weighted by Crippen LogP contribution is -1.84. The minimum Gasteiger partial charge on any atom is -0.500 e. The highest BCUT2D eigenvalue weighted by atomic mass is 32.2. The Hall–Kier alpha value is -1.40. The standard InChI is InChI=1S/C13H15NOS/c1-3-15-9-13(8-14)16-10-12-6-4-11(2)5-7-12/h4-7,9H,3,10H2,1-2H3/b13-9+. The number of hydrogen-bond acceptors (Lipinski definition) is 3. The van der Waals surface area contributed by atoms with Gasteiger partial charge in [-0.25, -0.2) is 0 Å². The lowest BCUT2D eigenvalue weighted by Gasteiger charge is -2.01. The molecule has 0 atom stereocenters. The van der Waals surface area contributed by atoms with E-state index in [2.05, 4.69) is 37.3 Å². The Labute approximate surface area is 101 Å². The first-order chi connectivity index (χ1) is 7.76.